The van der Waals surface area contributed by atoms with Crippen molar-refractivity contribution in [2.45, 2.75) is 51.2 Å². The summed E-state index contributed by atoms with van der Waals surface area (Å²) in [5.74, 6) is -0.785. The van der Waals surface area contributed by atoms with Crippen molar-refractivity contribution in [1.82, 2.24) is 9.88 Å². The molecule has 0 aliphatic carbocycles. The van der Waals surface area contributed by atoms with Gasteiger partial charge in [0.1, 0.15) is 5.69 Å². The first-order valence-electron chi connectivity index (χ1n) is 9.23. The number of amides is 1. The van der Waals surface area contributed by atoms with E-state index >= 15 is 0 Å². The van der Waals surface area contributed by atoms with Crippen LogP contribution in [0.1, 0.15) is 49.5 Å². The van der Waals surface area contributed by atoms with Gasteiger partial charge in [-0.25, -0.2) is 4.79 Å². The molecule has 7 nitrogen and oxygen atoms in total. The standard InChI is InChI=1S/C19H26N2O5/c1-3-4-7-16(18(22)20-12-13-6-5-9-24-13)26-19(23)15-11-17-14(21(15)2)8-10-25-17/h8,10-11,13,16H,3-7,9,12H2,1-2H3,(H,20,22)/t13-,16+/m0/s1. The Kier molecular flexibility index (Phi) is 5.98. The number of nitrogens with one attached hydrogen (secondary N) is 1. The van der Waals surface area contributed by atoms with Gasteiger partial charge in [0.2, 0.25) is 0 Å². The lowest BCUT2D eigenvalue weighted by Gasteiger charge is -2.19. The van der Waals surface area contributed by atoms with E-state index in [1.165, 1.54) is 0 Å². The summed E-state index contributed by atoms with van der Waals surface area (Å²) in [5.41, 5.74) is 1.80. The van der Waals surface area contributed by atoms with Gasteiger partial charge in [0.25, 0.3) is 5.91 Å². The van der Waals surface area contributed by atoms with E-state index in [1.54, 1.807) is 30.0 Å². The third-order valence-electron chi connectivity index (χ3n) is 4.76. The number of hydrogen-bond donors (Lipinski definition) is 1. The predicted octanol–water partition coefficient (Wildman–Crippen LogP) is 2.78. The Hall–Kier alpha value is -2.28. The number of ether oxygens (including phenoxy) is 2. The first kappa shape index (κ1) is 18.5. The van der Waals surface area contributed by atoms with Crippen molar-refractivity contribution in [1.29, 1.82) is 0 Å². The summed E-state index contributed by atoms with van der Waals surface area (Å²) >= 11 is 0. The number of unbranched alkanes of at least 4 members (excludes halogenated alkanes) is 1. The quantitative estimate of drug-likeness (QED) is 0.730. The van der Waals surface area contributed by atoms with Crippen molar-refractivity contribution in [3.05, 3.63) is 24.1 Å². The summed E-state index contributed by atoms with van der Waals surface area (Å²) in [6.07, 6.45) is 5.02. The van der Waals surface area contributed by atoms with E-state index < -0.39 is 12.1 Å². The molecule has 0 saturated carbocycles. The Morgan fingerprint density at radius 2 is 2.31 bits per heavy atom. The van der Waals surface area contributed by atoms with E-state index in [0.717, 1.165) is 37.8 Å². The molecule has 142 valence electrons. The van der Waals surface area contributed by atoms with Crippen LogP contribution in [0.4, 0.5) is 0 Å². The molecule has 26 heavy (non-hydrogen) atoms. The normalized spacial score (nSPS) is 18.2. The third kappa shape index (κ3) is 4.09. The van der Waals surface area contributed by atoms with E-state index in [1.807, 2.05) is 6.92 Å². The van der Waals surface area contributed by atoms with E-state index in [-0.39, 0.29) is 12.0 Å². The van der Waals surface area contributed by atoms with Gasteiger partial charge < -0.3 is 23.8 Å². The first-order chi connectivity index (χ1) is 12.6. The number of aromatic nitrogens is 1. The average Bonchev–Trinajstić information content (AvgIpc) is 3.36. The lowest BCUT2D eigenvalue weighted by molar-refractivity contribution is -0.130. The van der Waals surface area contributed by atoms with Crippen molar-refractivity contribution in [2.75, 3.05) is 13.2 Å². The van der Waals surface area contributed by atoms with Crippen LogP contribution in [-0.2, 0) is 21.3 Å². The van der Waals surface area contributed by atoms with Crippen molar-refractivity contribution in [3.8, 4) is 0 Å². The molecule has 1 saturated heterocycles. The molecule has 0 bridgehead atoms. The Labute approximate surface area is 152 Å². The van der Waals surface area contributed by atoms with Crippen molar-refractivity contribution < 1.29 is 23.5 Å². The van der Waals surface area contributed by atoms with Gasteiger partial charge in [0.15, 0.2) is 11.7 Å². The Bertz CT molecular complexity index is 757. The number of carbonyl (C=O) groups is 2. The van der Waals surface area contributed by atoms with E-state index in [2.05, 4.69) is 5.32 Å². The zero-order valence-corrected chi connectivity index (χ0v) is 15.3. The minimum Gasteiger partial charge on any atom is -0.463 e. The number of esters is 1. The van der Waals surface area contributed by atoms with Crippen LogP contribution in [-0.4, -0.2) is 41.8 Å². The fourth-order valence-electron chi connectivity index (χ4n) is 3.20. The maximum atomic E-state index is 12.6. The van der Waals surface area contributed by atoms with Gasteiger partial charge in [-0.15, -0.1) is 0 Å². The minimum atomic E-state index is -0.801. The minimum absolute atomic E-state index is 0.0567. The highest BCUT2D eigenvalue weighted by molar-refractivity contribution is 5.95. The number of fused-ring (bicyclic) bond motifs is 1. The maximum absolute atomic E-state index is 12.6. The van der Waals surface area contributed by atoms with Crippen LogP contribution in [0.2, 0.25) is 0 Å². The van der Waals surface area contributed by atoms with Gasteiger partial charge in [-0.3, -0.25) is 4.79 Å². The van der Waals surface area contributed by atoms with Gasteiger partial charge in [-0.05, 0) is 25.7 Å². The molecule has 0 radical (unpaired) electrons. The SMILES string of the molecule is CCCC[C@@H](OC(=O)c1cc2occc2n1C)C(=O)NC[C@@H]1CCCO1. The second-order valence-electron chi connectivity index (χ2n) is 6.68. The summed E-state index contributed by atoms with van der Waals surface area (Å²) < 4.78 is 18.1. The van der Waals surface area contributed by atoms with Crippen LogP contribution in [0.3, 0.4) is 0 Å². The molecule has 7 heteroatoms. The Morgan fingerprint density at radius 3 is 3.00 bits per heavy atom. The van der Waals surface area contributed by atoms with Gasteiger partial charge in [0, 0.05) is 32.3 Å². The van der Waals surface area contributed by atoms with Crippen LogP contribution >= 0.6 is 0 Å². The summed E-state index contributed by atoms with van der Waals surface area (Å²) in [4.78, 5) is 25.1. The topological polar surface area (TPSA) is 82.7 Å². The monoisotopic (exact) mass is 362 g/mol. The molecule has 0 aromatic carbocycles. The molecule has 2 aromatic heterocycles. The van der Waals surface area contributed by atoms with Crippen molar-refractivity contribution in [3.63, 3.8) is 0 Å². The van der Waals surface area contributed by atoms with E-state index in [9.17, 15) is 9.59 Å². The molecule has 1 N–H and O–H groups in total. The lowest BCUT2D eigenvalue weighted by Crippen LogP contribution is -2.41. The molecule has 3 rings (SSSR count). The molecule has 1 amide bonds. The first-order valence-corrected chi connectivity index (χ1v) is 9.23. The molecule has 1 fully saturated rings. The molecule has 1 aliphatic heterocycles. The van der Waals surface area contributed by atoms with Crippen LogP contribution in [0.5, 0.6) is 0 Å². The third-order valence-corrected chi connectivity index (χ3v) is 4.76. The predicted molar refractivity (Wildman–Crippen MR) is 95.9 cm³/mol. The van der Waals surface area contributed by atoms with Crippen molar-refractivity contribution in [2.24, 2.45) is 7.05 Å². The summed E-state index contributed by atoms with van der Waals surface area (Å²) in [6, 6.07) is 3.42. The van der Waals surface area contributed by atoms with Gasteiger partial charge >= 0.3 is 5.97 Å². The fourth-order valence-corrected chi connectivity index (χ4v) is 3.20. The Balaban J connectivity index is 1.64. The molecule has 2 aromatic rings. The van der Waals surface area contributed by atoms with E-state index in [4.69, 9.17) is 13.9 Å². The highest BCUT2D eigenvalue weighted by Gasteiger charge is 2.26. The Morgan fingerprint density at radius 1 is 1.46 bits per heavy atom. The highest BCUT2D eigenvalue weighted by Crippen LogP contribution is 2.21. The highest BCUT2D eigenvalue weighted by atomic mass is 16.5. The van der Waals surface area contributed by atoms with Crippen LogP contribution < -0.4 is 5.32 Å². The number of carbonyl (C=O) groups excluding carboxylic acids is 2. The maximum Gasteiger partial charge on any atom is 0.355 e. The molecule has 2 atom stereocenters. The number of furan rings is 1. The lowest BCUT2D eigenvalue weighted by atomic mass is 10.1. The number of nitrogens with zero attached hydrogens (tertiary/aromatic N) is 1. The zero-order chi connectivity index (χ0) is 18.5. The number of hydrogen-bond acceptors (Lipinski definition) is 5. The van der Waals surface area contributed by atoms with Crippen LogP contribution in [0.25, 0.3) is 11.1 Å². The fraction of sp³-hybridized carbons (Fsp3) is 0.579. The molecular formula is C19H26N2O5. The van der Waals surface area contributed by atoms with Crippen molar-refractivity contribution >= 4 is 23.0 Å². The summed E-state index contributed by atoms with van der Waals surface area (Å²) in [7, 11) is 1.77. The number of aryl methyl sites for hydroxylation is 1. The average molecular weight is 362 g/mol. The van der Waals surface area contributed by atoms with Crippen LogP contribution in [0, 0.1) is 0 Å². The summed E-state index contributed by atoms with van der Waals surface area (Å²) in [5, 5.41) is 2.86. The molecule has 0 spiro atoms. The van der Waals surface area contributed by atoms with Gasteiger partial charge in [0.05, 0.1) is 17.9 Å². The molecule has 0 unspecified atom stereocenters. The second-order valence-corrected chi connectivity index (χ2v) is 6.68. The van der Waals surface area contributed by atoms with Gasteiger partial charge in [-0.1, -0.05) is 13.3 Å². The zero-order valence-electron chi connectivity index (χ0n) is 15.3. The van der Waals surface area contributed by atoms with Gasteiger partial charge in [-0.2, -0.15) is 0 Å². The molecular weight excluding hydrogens is 336 g/mol. The molecule has 1 aliphatic rings. The number of rotatable bonds is 8. The second kappa shape index (κ2) is 8.40. The smallest absolute Gasteiger partial charge is 0.355 e. The largest absolute Gasteiger partial charge is 0.463 e. The van der Waals surface area contributed by atoms with Crippen LogP contribution in [0.15, 0.2) is 22.8 Å². The molecule has 3 heterocycles. The van der Waals surface area contributed by atoms with E-state index in [0.29, 0.717) is 24.2 Å². The summed E-state index contributed by atoms with van der Waals surface area (Å²) in [6.45, 7) is 3.23.